The molecule has 0 radical (unpaired) electrons. The average Bonchev–Trinajstić information content (AvgIpc) is 3.54. The van der Waals surface area contributed by atoms with Crippen LogP contribution in [0.4, 0.5) is 14.9 Å². The van der Waals surface area contributed by atoms with Crippen molar-refractivity contribution in [2.45, 2.75) is 63.4 Å². The third-order valence-corrected chi connectivity index (χ3v) is 6.60. The number of aromatic hydroxyl groups is 1. The van der Waals surface area contributed by atoms with Crippen LogP contribution in [0, 0.1) is 12.8 Å². The lowest BCUT2D eigenvalue weighted by Gasteiger charge is -2.47. The second kappa shape index (κ2) is 8.91. The number of nitrogens with one attached hydrogen (secondary N) is 1. The number of benzene rings is 1. The van der Waals surface area contributed by atoms with Gasteiger partial charge in [-0.3, -0.25) is 4.79 Å². The SMILES string of the molecule is Cc1c(O[C@@H]2OC(C)(C)[C@H](CO)[C@@H](OC(N)=O)[C@H]2O)ccc2c(O)c(NC(=O)C3(F)CC3)c(=O)oc12. The van der Waals surface area contributed by atoms with Gasteiger partial charge in [0.05, 0.1) is 23.5 Å². The molecule has 0 unspecified atom stereocenters. The second-order valence-electron chi connectivity index (χ2n) is 9.49. The number of ether oxygens (including phenoxy) is 3. The Bertz CT molecular complexity index is 1270. The smallest absolute Gasteiger partial charge is 0.404 e. The summed E-state index contributed by atoms with van der Waals surface area (Å²) in [6, 6.07) is 2.73. The Labute approximate surface area is 203 Å². The first-order valence-electron chi connectivity index (χ1n) is 11.2. The Morgan fingerprint density at radius 1 is 1.31 bits per heavy atom. The van der Waals surface area contributed by atoms with E-state index in [1.54, 1.807) is 13.8 Å². The highest BCUT2D eigenvalue weighted by atomic mass is 19.1. The number of primary amides is 1. The standard InChI is InChI=1S/C23H27FN2O10/c1-9-12(33-19-15(29)17(35-21(25)32)11(8-27)22(2,3)36-19)5-4-10-14(28)13(18(30)34-16(9)10)26-20(31)23(24)6-7-23/h4-5,11,15,17,19,27-29H,6-8H2,1-3H3,(H2,25,32)(H,26,31)/t11-,15-,17-,19-/m1/s1. The number of hydrogen-bond acceptors (Lipinski definition) is 10. The Morgan fingerprint density at radius 3 is 2.56 bits per heavy atom. The van der Waals surface area contributed by atoms with Crippen LogP contribution in [0.5, 0.6) is 11.5 Å². The number of anilines is 1. The quantitative estimate of drug-likeness (QED) is 0.353. The van der Waals surface area contributed by atoms with E-state index in [0.717, 1.165) is 0 Å². The van der Waals surface area contributed by atoms with Gasteiger partial charge in [-0.05, 0) is 45.7 Å². The Hall–Kier alpha value is -3.42. The van der Waals surface area contributed by atoms with Crippen LogP contribution in [0.3, 0.4) is 0 Å². The molecule has 1 saturated heterocycles. The van der Waals surface area contributed by atoms with Crippen LogP contribution in [-0.4, -0.2) is 63.7 Å². The zero-order valence-electron chi connectivity index (χ0n) is 19.7. The predicted octanol–water partition coefficient (Wildman–Crippen LogP) is 1.19. The summed E-state index contributed by atoms with van der Waals surface area (Å²) in [5, 5.41) is 33.3. The molecule has 1 aliphatic carbocycles. The van der Waals surface area contributed by atoms with Crippen molar-refractivity contribution in [3.8, 4) is 11.5 Å². The molecule has 0 spiro atoms. The molecule has 1 aliphatic heterocycles. The van der Waals surface area contributed by atoms with Gasteiger partial charge in [0, 0.05) is 5.56 Å². The maximum absolute atomic E-state index is 14.0. The van der Waals surface area contributed by atoms with Gasteiger partial charge in [-0.1, -0.05) is 0 Å². The second-order valence-corrected chi connectivity index (χ2v) is 9.49. The van der Waals surface area contributed by atoms with Gasteiger partial charge in [0.25, 0.3) is 5.91 Å². The van der Waals surface area contributed by atoms with Crippen LogP contribution >= 0.6 is 0 Å². The van der Waals surface area contributed by atoms with Crippen molar-refractivity contribution in [2.24, 2.45) is 11.7 Å². The number of alkyl halides is 1. The molecular formula is C23H27FN2O10. The first-order valence-corrected chi connectivity index (χ1v) is 11.2. The molecule has 36 heavy (non-hydrogen) atoms. The molecule has 1 aromatic heterocycles. The van der Waals surface area contributed by atoms with E-state index in [0.29, 0.717) is 0 Å². The molecule has 1 saturated carbocycles. The van der Waals surface area contributed by atoms with Crippen LogP contribution in [0.25, 0.3) is 11.0 Å². The molecular weight excluding hydrogens is 483 g/mol. The molecule has 13 heteroatoms. The third-order valence-electron chi connectivity index (χ3n) is 6.60. The number of aliphatic hydroxyl groups is 2. The number of carbonyl (C=O) groups excluding carboxylic acids is 2. The average molecular weight is 510 g/mol. The largest absolute Gasteiger partial charge is 0.505 e. The van der Waals surface area contributed by atoms with Crippen molar-refractivity contribution in [3.05, 3.63) is 28.1 Å². The van der Waals surface area contributed by atoms with E-state index in [1.807, 2.05) is 0 Å². The minimum Gasteiger partial charge on any atom is -0.505 e. The maximum atomic E-state index is 14.0. The number of amides is 2. The van der Waals surface area contributed by atoms with Crippen molar-refractivity contribution in [1.29, 1.82) is 0 Å². The number of nitrogens with two attached hydrogens (primary N) is 1. The summed E-state index contributed by atoms with van der Waals surface area (Å²) in [7, 11) is 0. The van der Waals surface area contributed by atoms with Crippen LogP contribution in [0.2, 0.25) is 0 Å². The lowest BCUT2D eigenvalue weighted by molar-refractivity contribution is -0.290. The molecule has 196 valence electrons. The Morgan fingerprint density at radius 2 is 1.97 bits per heavy atom. The summed E-state index contributed by atoms with van der Waals surface area (Å²) in [6.07, 6.45) is -5.30. The molecule has 12 nitrogen and oxygen atoms in total. The summed E-state index contributed by atoms with van der Waals surface area (Å²) < 4.78 is 36.0. The number of aryl methyl sites for hydroxylation is 1. The molecule has 2 amide bonds. The van der Waals surface area contributed by atoms with E-state index in [9.17, 15) is 34.1 Å². The van der Waals surface area contributed by atoms with Crippen molar-refractivity contribution >= 4 is 28.7 Å². The Balaban J connectivity index is 1.66. The normalized spacial score (nSPS) is 26.3. The number of rotatable bonds is 6. The maximum Gasteiger partial charge on any atom is 0.404 e. The van der Waals surface area contributed by atoms with Gasteiger partial charge < -0.3 is 45.0 Å². The zero-order valence-corrected chi connectivity index (χ0v) is 19.7. The fourth-order valence-corrected chi connectivity index (χ4v) is 4.24. The zero-order chi connectivity index (χ0) is 26.6. The number of fused-ring (bicyclic) bond motifs is 1. The summed E-state index contributed by atoms with van der Waals surface area (Å²) in [4.78, 5) is 35.9. The fraction of sp³-hybridized carbons (Fsp3) is 0.522. The molecule has 0 bridgehead atoms. The minimum absolute atomic E-state index is 0.0224. The topological polar surface area (TPSA) is 191 Å². The van der Waals surface area contributed by atoms with Crippen LogP contribution in [0.15, 0.2) is 21.3 Å². The molecule has 1 aromatic carbocycles. The highest BCUT2D eigenvalue weighted by molar-refractivity contribution is 6.02. The number of halogens is 1. The van der Waals surface area contributed by atoms with Crippen molar-refractivity contribution in [2.75, 3.05) is 11.9 Å². The van der Waals surface area contributed by atoms with Gasteiger partial charge in [-0.15, -0.1) is 0 Å². The van der Waals surface area contributed by atoms with Crippen molar-refractivity contribution in [1.82, 2.24) is 0 Å². The summed E-state index contributed by atoms with van der Waals surface area (Å²) in [5.74, 6) is -2.38. The molecule has 4 atom stereocenters. The van der Waals surface area contributed by atoms with Gasteiger partial charge in [0.1, 0.15) is 17.4 Å². The third kappa shape index (κ3) is 4.45. The van der Waals surface area contributed by atoms with Crippen molar-refractivity contribution in [3.63, 3.8) is 0 Å². The Kier molecular flexibility index (Phi) is 6.35. The van der Waals surface area contributed by atoms with Crippen LogP contribution in [-0.2, 0) is 14.3 Å². The number of hydrogen-bond donors (Lipinski definition) is 5. The van der Waals surface area contributed by atoms with E-state index in [2.05, 4.69) is 5.32 Å². The predicted molar refractivity (Wildman–Crippen MR) is 121 cm³/mol. The molecule has 2 fully saturated rings. The van der Waals surface area contributed by atoms with Gasteiger partial charge in [-0.25, -0.2) is 14.0 Å². The minimum atomic E-state index is -2.07. The van der Waals surface area contributed by atoms with E-state index in [4.69, 9.17) is 24.4 Å². The van der Waals surface area contributed by atoms with Crippen molar-refractivity contribution < 1.29 is 47.9 Å². The number of aliphatic hydroxyl groups excluding tert-OH is 2. The van der Waals surface area contributed by atoms with E-state index in [1.165, 1.54) is 19.1 Å². The lowest BCUT2D eigenvalue weighted by atomic mass is 9.81. The summed E-state index contributed by atoms with van der Waals surface area (Å²) in [5.41, 5.74) is 0.398. The highest BCUT2D eigenvalue weighted by Crippen LogP contribution is 2.42. The number of carbonyl (C=O) groups is 2. The van der Waals surface area contributed by atoms with E-state index < -0.39 is 71.4 Å². The first-order chi connectivity index (χ1) is 16.8. The summed E-state index contributed by atoms with van der Waals surface area (Å²) >= 11 is 0. The van der Waals surface area contributed by atoms with Crippen LogP contribution < -0.4 is 21.4 Å². The fourth-order valence-electron chi connectivity index (χ4n) is 4.24. The lowest BCUT2D eigenvalue weighted by Crippen LogP contribution is -2.62. The molecule has 4 rings (SSSR count). The van der Waals surface area contributed by atoms with E-state index >= 15 is 0 Å². The van der Waals surface area contributed by atoms with Gasteiger partial charge in [0.15, 0.2) is 23.2 Å². The van der Waals surface area contributed by atoms with E-state index in [-0.39, 0.29) is 35.1 Å². The highest BCUT2D eigenvalue weighted by Gasteiger charge is 2.53. The molecule has 2 aliphatic rings. The van der Waals surface area contributed by atoms with Gasteiger partial charge in [-0.2, -0.15) is 0 Å². The monoisotopic (exact) mass is 510 g/mol. The van der Waals surface area contributed by atoms with Gasteiger partial charge >= 0.3 is 11.7 Å². The molecule has 2 aromatic rings. The van der Waals surface area contributed by atoms with Gasteiger partial charge in [0.2, 0.25) is 6.29 Å². The molecule has 2 heterocycles. The summed E-state index contributed by atoms with van der Waals surface area (Å²) in [6.45, 7) is 4.25. The molecule has 6 N–H and O–H groups in total. The van der Waals surface area contributed by atoms with Crippen LogP contribution in [0.1, 0.15) is 32.3 Å². The first kappa shape index (κ1) is 25.7.